The van der Waals surface area contributed by atoms with Crippen molar-refractivity contribution in [2.24, 2.45) is 0 Å². The molecule has 0 saturated carbocycles. The molecule has 1 N–H and O–H groups in total. The summed E-state index contributed by atoms with van der Waals surface area (Å²) in [6.45, 7) is 8.71. The molecule has 1 fully saturated rings. The lowest BCUT2D eigenvalue weighted by Gasteiger charge is -2.38. The number of benzene rings is 1. The van der Waals surface area contributed by atoms with E-state index in [-0.39, 0.29) is 12.0 Å². The van der Waals surface area contributed by atoms with Crippen molar-refractivity contribution in [2.75, 3.05) is 37.6 Å². The maximum absolute atomic E-state index is 11.9. The number of fused-ring (bicyclic) bond motifs is 2. The fraction of sp³-hybridized carbons (Fsp3) is 0.500. The number of ether oxygens (including phenoxy) is 1. The van der Waals surface area contributed by atoms with Crippen molar-refractivity contribution in [1.29, 1.82) is 0 Å². The summed E-state index contributed by atoms with van der Waals surface area (Å²) >= 11 is 0. The smallest absolute Gasteiger partial charge is 0.254 e. The van der Waals surface area contributed by atoms with Gasteiger partial charge in [0.25, 0.3) is 5.91 Å². The number of hydrogen-bond donors (Lipinski definition) is 1. The van der Waals surface area contributed by atoms with Crippen molar-refractivity contribution in [2.45, 2.75) is 38.8 Å². The summed E-state index contributed by atoms with van der Waals surface area (Å²) in [7, 11) is 0. The number of carbonyl (C=O) groups is 1. The first-order chi connectivity index (χ1) is 14.1. The molecule has 0 spiro atoms. The molecule has 2 aromatic rings. The van der Waals surface area contributed by atoms with Gasteiger partial charge in [-0.15, -0.1) is 0 Å². The molecular weight excluding hydrogens is 366 g/mol. The summed E-state index contributed by atoms with van der Waals surface area (Å²) in [4.78, 5) is 25.8. The van der Waals surface area contributed by atoms with Gasteiger partial charge < -0.3 is 15.0 Å². The summed E-state index contributed by atoms with van der Waals surface area (Å²) in [5.74, 6) is 1.72. The third-order valence-corrected chi connectivity index (χ3v) is 6.30. The van der Waals surface area contributed by atoms with E-state index in [2.05, 4.69) is 57.1 Å². The van der Waals surface area contributed by atoms with E-state index in [0.29, 0.717) is 18.2 Å². The van der Waals surface area contributed by atoms with Gasteiger partial charge in [0.2, 0.25) is 5.95 Å². The van der Waals surface area contributed by atoms with Crippen molar-refractivity contribution in [3.63, 3.8) is 0 Å². The van der Waals surface area contributed by atoms with E-state index in [1.165, 1.54) is 11.1 Å². The second-order valence-corrected chi connectivity index (χ2v) is 8.24. The van der Waals surface area contributed by atoms with Gasteiger partial charge in [-0.05, 0) is 31.0 Å². The summed E-state index contributed by atoms with van der Waals surface area (Å²) in [5.41, 5.74) is 4.10. The maximum Gasteiger partial charge on any atom is 0.254 e. The molecule has 29 heavy (non-hydrogen) atoms. The highest BCUT2D eigenvalue weighted by molar-refractivity contribution is 5.96. The molecule has 1 saturated heterocycles. The van der Waals surface area contributed by atoms with Crippen LogP contribution >= 0.6 is 0 Å². The number of anilines is 1. The van der Waals surface area contributed by atoms with Crippen LogP contribution in [0.3, 0.4) is 0 Å². The number of nitrogens with zero attached hydrogens (tertiary/aromatic N) is 4. The monoisotopic (exact) mass is 393 g/mol. The largest absolute Gasteiger partial charge is 0.490 e. The Hall–Kier alpha value is -2.67. The minimum absolute atomic E-state index is 0.0656. The molecule has 3 aliphatic rings. The first kappa shape index (κ1) is 18.4. The third kappa shape index (κ3) is 3.44. The van der Waals surface area contributed by atoms with E-state index in [0.717, 1.165) is 56.4 Å². The van der Waals surface area contributed by atoms with Crippen LogP contribution in [0.2, 0.25) is 0 Å². The minimum atomic E-state index is -0.0656. The molecule has 3 aliphatic heterocycles. The zero-order valence-corrected chi connectivity index (χ0v) is 17.0. The van der Waals surface area contributed by atoms with E-state index in [4.69, 9.17) is 4.74 Å². The molecular formula is C22H27N5O2. The Morgan fingerprint density at radius 3 is 2.90 bits per heavy atom. The van der Waals surface area contributed by atoms with Gasteiger partial charge in [-0.25, -0.2) is 9.97 Å². The molecule has 1 aromatic heterocycles. The lowest BCUT2D eigenvalue weighted by molar-refractivity contribution is 0.0944. The van der Waals surface area contributed by atoms with Crippen molar-refractivity contribution >= 4 is 11.9 Å². The van der Waals surface area contributed by atoms with E-state index in [9.17, 15) is 4.79 Å². The highest BCUT2D eigenvalue weighted by Gasteiger charge is 2.27. The Kier molecular flexibility index (Phi) is 4.62. The van der Waals surface area contributed by atoms with Gasteiger partial charge in [-0.2, -0.15) is 0 Å². The van der Waals surface area contributed by atoms with Crippen molar-refractivity contribution in [3.8, 4) is 5.75 Å². The first-order valence-electron chi connectivity index (χ1n) is 10.5. The molecule has 2 atom stereocenters. The summed E-state index contributed by atoms with van der Waals surface area (Å²) in [6, 6.07) is 7.02. The lowest BCUT2D eigenvalue weighted by Crippen LogP contribution is -2.48. The van der Waals surface area contributed by atoms with Crippen LogP contribution in [0.4, 0.5) is 5.95 Å². The van der Waals surface area contributed by atoms with Crippen LogP contribution in [0, 0.1) is 0 Å². The van der Waals surface area contributed by atoms with Gasteiger partial charge in [0.1, 0.15) is 11.9 Å². The maximum atomic E-state index is 11.9. The second-order valence-electron chi connectivity index (χ2n) is 8.24. The summed E-state index contributed by atoms with van der Waals surface area (Å²) in [6.07, 6.45) is 3.73. The quantitative estimate of drug-likeness (QED) is 0.860. The van der Waals surface area contributed by atoms with E-state index in [1.807, 2.05) is 0 Å². The predicted molar refractivity (Wildman–Crippen MR) is 111 cm³/mol. The molecule has 0 unspecified atom stereocenters. The number of hydrogen-bond acceptors (Lipinski definition) is 6. The lowest BCUT2D eigenvalue weighted by atomic mass is 10.0. The van der Waals surface area contributed by atoms with E-state index in [1.54, 1.807) is 6.20 Å². The number of carbonyl (C=O) groups excluding carboxylic acids is 1. The van der Waals surface area contributed by atoms with Crippen LogP contribution in [0.1, 0.15) is 47.1 Å². The molecule has 1 amide bonds. The van der Waals surface area contributed by atoms with Crippen molar-refractivity contribution in [1.82, 2.24) is 20.2 Å². The summed E-state index contributed by atoms with van der Waals surface area (Å²) < 4.78 is 5.94. The van der Waals surface area contributed by atoms with Gasteiger partial charge in [-0.3, -0.25) is 9.69 Å². The molecule has 5 rings (SSSR count). The topological polar surface area (TPSA) is 70.6 Å². The molecule has 152 valence electrons. The zero-order valence-electron chi connectivity index (χ0n) is 17.0. The van der Waals surface area contributed by atoms with Crippen molar-refractivity contribution < 1.29 is 9.53 Å². The van der Waals surface area contributed by atoms with Crippen LogP contribution in [0.15, 0.2) is 24.4 Å². The SMILES string of the molecule is C[C@@H]1Cc2ccc([C@@H](C)N3CCN(c4ncc5c(n4)CCNC5=O)CC3)cc2O1. The molecule has 4 heterocycles. The summed E-state index contributed by atoms with van der Waals surface area (Å²) in [5, 5.41) is 2.84. The molecule has 7 nitrogen and oxygen atoms in total. The Morgan fingerprint density at radius 1 is 1.24 bits per heavy atom. The number of amides is 1. The molecule has 1 aromatic carbocycles. The second kappa shape index (κ2) is 7.30. The molecule has 0 aliphatic carbocycles. The van der Waals surface area contributed by atoms with Gasteiger partial charge in [-0.1, -0.05) is 12.1 Å². The van der Waals surface area contributed by atoms with Crippen molar-refractivity contribution in [3.05, 3.63) is 46.8 Å². The number of nitrogens with one attached hydrogen (secondary N) is 1. The number of aromatic nitrogens is 2. The van der Waals surface area contributed by atoms with Crippen LogP contribution in [-0.2, 0) is 12.8 Å². The van der Waals surface area contributed by atoms with Gasteiger partial charge in [0.15, 0.2) is 0 Å². The first-order valence-corrected chi connectivity index (χ1v) is 10.5. The Morgan fingerprint density at radius 2 is 2.07 bits per heavy atom. The zero-order chi connectivity index (χ0) is 20.0. The fourth-order valence-corrected chi connectivity index (χ4v) is 4.53. The van der Waals surface area contributed by atoms with E-state index >= 15 is 0 Å². The van der Waals surface area contributed by atoms with Crippen LogP contribution in [0.25, 0.3) is 0 Å². The van der Waals surface area contributed by atoms with Gasteiger partial charge >= 0.3 is 0 Å². The number of rotatable bonds is 3. The van der Waals surface area contributed by atoms with Crippen LogP contribution in [-0.4, -0.2) is 59.6 Å². The average Bonchev–Trinajstić information content (AvgIpc) is 3.12. The van der Waals surface area contributed by atoms with Crippen LogP contribution in [0.5, 0.6) is 5.75 Å². The van der Waals surface area contributed by atoms with E-state index < -0.39 is 0 Å². The Balaban J connectivity index is 1.25. The normalized spacial score (nSPS) is 22.5. The van der Waals surface area contributed by atoms with Gasteiger partial charge in [0.05, 0.1) is 11.3 Å². The minimum Gasteiger partial charge on any atom is -0.490 e. The Bertz CT molecular complexity index is 939. The average molecular weight is 393 g/mol. The molecule has 0 radical (unpaired) electrons. The predicted octanol–water partition coefficient (Wildman–Crippen LogP) is 1.97. The molecule has 0 bridgehead atoms. The van der Waals surface area contributed by atoms with Crippen LogP contribution < -0.4 is 15.0 Å². The molecule has 7 heteroatoms. The highest BCUT2D eigenvalue weighted by atomic mass is 16.5. The van der Waals surface area contributed by atoms with Gasteiger partial charge in [0, 0.05) is 57.8 Å². The fourth-order valence-electron chi connectivity index (χ4n) is 4.53. The standard InChI is InChI=1S/C22H27N5O2/c1-14-11-17-4-3-16(12-20(17)29-14)15(2)26-7-9-27(10-8-26)22-24-13-18-19(25-22)5-6-23-21(18)28/h3-4,12-15H,5-11H2,1-2H3,(H,23,28)/t14-,15-/m1/s1. The highest BCUT2D eigenvalue weighted by Crippen LogP contribution is 2.33. The Labute approximate surface area is 171 Å². The third-order valence-electron chi connectivity index (χ3n) is 6.30. The number of piperazine rings is 1.